The standard InChI is InChI=1S/C8H8N4O3/c9-8-11-10-7(15-8)5-2-1-3-6(4-5)12(13)14/h1-4,7,10H,(H2,9,11)/t7-/m1/s1. The largest absolute Gasteiger partial charge is 0.434 e. The van der Waals surface area contributed by atoms with Gasteiger partial charge in [0.05, 0.1) is 4.92 Å². The number of hydrogen-bond donors (Lipinski definition) is 2. The Morgan fingerprint density at radius 2 is 2.40 bits per heavy atom. The SMILES string of the molecule is NC1=NN[C@@H](c2cccc([N+](=O)[O-])c2)O1. The van der Waals surface area contributed by atoms with Crippen LogP contribution in [0.25, 0.3) is 0 Å². The zero-order valence-corrected chi connectivity index (χ0v) is 7.58. The van der Waals surface area contributed by atoms with Crippen LogP contribution in [0.5, 0.6) is 0 Å². The first-order valence-electron chi connectivity index (χ1n) is 4.16. The van der Waals surface area contributed by atoms with Crippen LogP contribution in [0.2, 0.25) is 0 Å². The number of amidine groups is 1. The van der Waals surface area contributed by atoms with E-state index in [1.54, 1.807) is 12.1 Å². The number of non-ortho nitro benzene ring substituents is 1. The van der Waals surface area contributed by atoms with Crippen molar-refractivity contribution in [2.45, 2.75) is 6.23 Å². The molecule has 0 bridgehead atoms. The Bertz CT molecular complexity index is 432. The highest BCUT2D eigenvalue weighted by Gasteiger charge is 2.20. The van der Waals surface area contributed by atoms with Gasteiger partial charge in [-0.1, -0.05) is 12.1 Å². The van der Waals surface area contributed by atoms with E-state index in [1.807, 2.05) is 0 Å². The number of ether oxygens (including phenoxy) is 1. The predicted molar refractivity (Wildman–Crippen MR) is 51.7 cm³/mol. The summed E-state index contributed by atoms with van der Waals surface area (Å²) in [7, 11) is 0. The number of benzene rings is 1. The highest BCUT2D eigenvalue weighted by Crippen LogP contribution is 2.21. The molecule has 1 aliphatic rings. The summed E-state index contributed by atoms with van der Waals surface area (Å²) >= 11 is 0. The van der Waals surface area contributed by atoms with Crippen molar-refractivity contribution in [2.75, 3.05) is 0 Å². The molecule has 0 aliphatic carbocycles. The van der Waals surface area contributed by atoms with Gasteiger partial charge in [-0.3, -0.25) is 15.5 Å². The second kappa shape index (κ2) is 3.45. The van der Waals surface area contributed by atoms with Crippen molar-refractivity contribution in [3.8, 4) is 0 Å². The maximum atomic E-state index is 10.5. The number of rotatable bonds is 2. The first kappa shape index (κ1) is 9.25. The van der Waals surface area contributed by atoms with Gasteiger partial charge in [-0.05, 0) is 0 Å². The van der Waals surface area contributed by atoms with E-state index >= 15 is 0 Å². The zero-order chi connectivity index (χ0) is 10.8. The van der Waals surface area contributed by atoms with E-state index in [0.717, 1.165) is 0 Å². The van der Waals surface area contributed by atoms with Gasteiger partial charge >= 0.3 is 6.02 Å². The Morgan fingerprint density at radius 1 is 1.60 bits per heavy atom. The van der Waals surface area contributed by atoms with Crippen molar-refractivity contribution in [3.63, 3.8) is 0 Å². The number of nitrogens with zero attached hydrogens (tertiary/aromatic N) is 2. The Labute approximate surface area is 84.7 Å². The van der Waals surface area contributed by atoms with Crippen LogP contribution in [0.15, 0.2) is 29.4 Å². The minimum absolute atomic E-state index is 0.00312. The van der Waals surface area contributed by atoms with Crippen molar-refractivity contribution in [1.29, 1.82) is 0 Å². The van der Waals surface area contributed by atoms with Crippen molar-refractivity contribution >= 4 is 11.7 Å². The van der Waals surface area contributed by atoms with Crippen molar-refractivity contribution in [2.24, 2.45) is 10.8 Å². The van der Waals surface area contributed by atoms with Gasteiger partial charge < -0.3 is 10.5 Å². The molecule has 0 unspecified atom stereocenters. The molecule has 0 spiro atoms. The molecule has 0 saturated heterocycles. The second-order valence-electron chi connectivity index (χ2n) is 2.93. The maximum absolute atomic E-state index is 10.5. The van der Waals surface area contributed by atoms with E-state index in [1.165, 1.54) is 12.1 Å². The summed E-state index contributed by atoms with van der Waals surface area (Å²) < 4.78 is 5.08. The average Bonchev–Trinajstić information content (AvgIpc) is 2.65. The van der Waals surface area contributed by atoms with Gasteiger partial charge in [-0.25, -0.2) is 0 Å². The lowest BCUT2D eigenvalue weighted by molar-refractivity contribution is -0.385. The van der Waals surface area contributed by atoms with Crippen LogP contribution >= 0.6 is 0 Å². The smallest absolute Gasteiger partial charge is 0.306 e. The summed E-state index contributed by atoms with van der Waals surface area (Å²) in [5.41, 5.74) is 8.51. The van der Waals surface area contributed by atoms with Crippen molar-refractivity contribution in [1.82, 2.24) is 5.43 Å². The molecule has 0 fully saturated rings. The molecule has 1 aromatic rings. The number of hydrogen-bond acceptors (Lipinski definition) is 6. The van der Waals surface area contributed by atoms with E-state index in [-0.39, 0.29) is 11.7 Å². The number of nitro benzene ring substituents is 1. The van der Waals surface area contributed by atoms with E-state index in [4.69, 9.17) is 10.5 Å². The normalized spacial score (nSPS) is 18.9. The molecular formula is C8H8N4O3. The molecule has 7 nitrogen and oxygen atoms in total. The molecule has 78 valence electrons. The van der Waals surface area contributed by atoms with E-state index in [9.17, 15) is 10.1 Å². The van der Waals surface area contributed by atoms with Gasteiger partial charge in [0.1, 0.15) is 0 Å². The summed E-state index contributed by atoms with van der Waals surface area (Å²) in [6.07, 6.45) is -0.551. The van der Waals surface area contributed by atoms with Gasteiger partial charge in [0.2, 0.25) is 6.23 Å². The summed E-state index contributed by atoms with van der Waals surface area (Å²) in [5, 5.41) is 14.1. The Hall–Kier alpha value is -2.31. The molecule has 2 rings (SSSR count). The van der Waals surface area contributed by atoms with Gasteiger partial charge in [-0.15, -0.1) is 5.10 Å². The van der Waals surface area contributed by atoms with Gasteiger partial charge in [0, 0.05) is 17.7 Å². The summed E-state index contributed by atoms with van der Waals surface area (Å²) in [6, 6.07) is 6.10. The topological polar surface area (TPSA) is 103 Å². The van der Waals surface area contributed by atoms with Crippen LogP contribution in [0.4, 0.5) is 5.69 Å². The monoisotopic (exact) mass is 208 g/mol. The van der Waals surface area contributed by atoms with Crippen LogP contribution in [-0.4, -0.2) is 10.9 Å². The first-order valence-corrected chi connectivity index (χ1v) is 4.16. The lowest BCUT2D eigenvalue weighted by Gasteiger charge is -2.09. The predicted octanol–water partition coefficient (Wildman–Crippen LogP) is 0.443. The number of nitro groups is 1. The van der Waals surface area contributed by atoms with Gasteiger partial charge in [0.25, 0.3) is 5.69 Å². The Morgan fingerprint density at radius 3 is 3.00 bits per heavy atom. The Kier molecular flexibility index (Phi) is 2.13. The fraction of sp³-hybridized carbons (Fsp3) is 0.125. The molecule has 3 N–H and O–H groups in total. The molecule has 1 heterocycles. The molecule has 7 heteroatoms. The second-order valence-corrected chi connectivity index (χ2v) is 2.93. The molecule has 1 aromatic carbocycles. The summed E-state index contributed by atoms with van der Waals surface area (Å²) in [4.78, 5) is 10.1. The van der Waals surface area contributed by atoms with Gasteiger partial charge in [-0.2, -0.15) is 0 Å². The maximum Gasteiger partial charge on any atom is 0.306 e. The minimum atomic E-state index is -0.551. The van der Waals surface area contributed by atoms with E-state index in [0.29, 0.717) is 5.56 Å². The van der Waals surface area contributed by atoms with Crippen LogP contribution < -0.4 is 11.2 Å². The average molecular weight is 208 g/mol. The lowest BCUT2D eigenvalue weighted by Crippen LogP contribution is -2.15. The molecule has 15 heavy (non-hydrogen) atoms. The lowest BCUT2D eigenvalue weighted by atomic mass is 10.2. The quantitative estimate of drug-likeness (QED) is 0.542. The van der Waals surface area contributed by atoms with Crippen molar-refractivity contribution in [3.05, 3.63) is 39.9 Å². The summed E-state index contributed by atoms with van der Waals surface area (Å²) in [6.45, 7) is 0. The van der Waals surface area contributed by atoms with Crippen LogP contribution in [-0.2, 0) is 4.74 Å². The third-order valence-electron chi connectivity index (χ3n) is 1.91. The fourth-order valence-corrected chi connectivity index (χ4v) is 1.24. The van der Waals surface area contributed by atoms with Crippen LogP contribution in [0, 0.1) is 10.1 Å². The zero-order valence-electron chi connectivity index (χ0n) is 7.58. The molecule has 0 radical (unpaired) electrons. The number of nitrogens with one attached hydrogen (secondary N) is 1. The highest BCUT2D eigenvalue weighted by atomic mass is 16.6. The highest BCUT2D eigenvalue weighted by molar-refractivity contribution is 5.72. The van der Waals surface area contributed by atoms with Crippen LogP contribution in [0.3, 0.4) is 0 Å². The summed E-state index contributed by atoms with van der Waals surface area (Å²) in [5.74, 6) is 0. The Balaban J connectivity index is 2.23. The molecule has 1 atom stereocenters. The third kappa shape index (κ3) is 1.80. The minimum Gasteiger partial charge on any atom is -0.434 e. The van der Waals surface area contributed by atoms with E-state index in [2.05, 4.69) is 10.5 Å². The molecule has 0 aromatic heterocycles. The molecular weight excluding hydrogens is 200 g/mol. The molecule has 0 saturated carbocycles. The molecule has 1 aliphatic heterocycles. The van der Waals surface area contributed by atoms with E-state index < -0.39 is 11.2 Å². The number of nitrogens with two attached hydrogens (primary N) is 1. The first-order chi connectivity index (χ1) is 7.16. The van der Waals surface area contributed by atoms with Gasteiger partial charge in [0.15, 0.2) is 0 Å². The molecule has 0 amide bonds. The third-order valence-corrected chi connectivity index (χ3v) is 1.91. The van der Waals surface area contributed by atoms with Crippen LogP contribution in [0.1, 0.15) is 11.8 Å². The van der Waals surface area contributed by atoms with Crippen molar-refractivity contribution < 1.29 is 9.66 Å². The number of hydrazone groups is 1. The fourth-order valence-electron chi connectivity index (χ4n) is 1.24.